The fourth-order valence-corrected chi connectivity index (χ4v) is 3.37. The van der Waals surface area contributed by atoms with Crippen molar-refractivity contribution in [3.8, 4) is 5.69 Å². The molecule has 1 aromatic carbocycles. The van der Waals surface area contributed by atoms with Crippen LogP contribution >= 0.6 is 0 Å². The monoisotopic (exact) mass is 314 g/mol. The second-order valence-electron chi connectivity index (χ2n) is 6.25. The summed E-state index contributed by atoms with van der Waals surface area (Å²) in [5.41, 5.74) is 3.19. The van der Waals surface area contributed by atoms with Gasteiger partial charge in [0.15, 0.2) is 5.79 Å². The summed E-state index contributed by atoms with van der Waals surface area (Å²) in [5, 5.41) is 8.70. The molecular formula is C17H22N4O2. The Balaban J connectivity index is 1.43. The maximum absolute atomic E-state index is 5.78. The van der Waals surface area contributed by atoms with Gasteiger partial charge in [-0.1, -0.05) is 23.4 Å². The molecule has 1 spiro atoms. The van der Waals surface area contributed by atoms with Gasteiger partial charge in [-0.15, -0.1) is 5.10 Å². The predicted molar refractivity (Wildman–Crippen MR) is 85.2 cm³/mol. The lowest BCUT2D eigenvalue weighted by atomic mass is 10.0. The van der Waals surface area contributed by atoms with Crippen molar-refractivity contribution in [2.24, 2.45) is 0 Å². The van der Waals surface area contributed by atoms with Gasteiger partial charge in [0.2, 0.25) is 0 Å². The van der Waals surface area contributed by atoms with Crippen LogP contribution in [0.1, 0.15) is 24.2 Å². The van der Waals surface area contributed by atoms with Crippen LogP contribution in [0, 0.1) is 6.92 Å². The number of piperidine rings is 1. The Bertz CT molecular complexity index is 654. The highest BCUT2D eigenvalue weighted by Crippen LogP contribution is 2.31. The summed E-state index contributed by atoms with van der Waals surface area (Å²) in [4.78, 5) is 2.41. The van der Waals surface area contributed by atoms with Crippen molar-refractivity contribution < 1.29 is 9.47 Å². The van der Waals surface area contributed by atoms with Crippen LogP contribution < -0.4 is 0 Å². The van der Waals surface area contributed by atoms with Crippen LogP contribution in [0.2, 0.25) is 0 Å². The van der Waals surface area contributed by atoms with Crippen LogP contribution in [-0.4, -0.2) is 52.0 Å². The maximum atomic E-state index is 5.78. The van der Waals surface area contributed by atoms with E-state index in [1.54, 1.807) is 0 Å². The first kappa shape index (κ1) is 14.8. The second kappa shape index (κ2) is 6.03. The molecule has 0 N–H and O–H groups in total. The van der Waals surface area contributed by atoms with Gasteiger partial charge in [-0.25, -0.2) is 4.68 Å². The molecule has 6 nitrogen and oxygen atoms in total. The highest BCUT2D eigenvalue weighted by Gasteiger charge is 2.39. The number of aromatic nitrogens is 3. The summed E-state index contributed by atoms with van der Waals surface area (Å²) in [5.74, 6) is -0.312. The summed E-state index contributed by atoms with van der Waals surface area (Å²) in [7, 11) is 0. The minimum atomic E-state index is -0.312. The molecule has 2 aromatic rings. The van der Waals surface area contributed by atoms with Gasteiger partial charge in [0.25, 0.3) is 0 Å². The van der Waals surface area contributed by atoms with Crippen molar-refractivity contribution in [2.45, 2.75) is 32.1 Å². The zero-order valence-corrected chi connectivity index (χ0v) is 13.4. The van der Waals surface area contributed by atoms with E-state index in [9.17, 15) is 0 Å². The number of likely N-dealkylation sites (tertiary alicyclic amines) is 1. The van der Waals surface area contributed by atoms with E-state index in [1.165, 1.54) is 0 Å². The van der Waals surface area contributed by atoms with Crippen LogP contribution in [0.25, 0.3) is 5.69 Å². The third-order valence-electron chi connectivity index (χ3n) is 4.80. The lowest BCUT2D eigenvalue weighted by Crippen LogP contribution is -2.44. The number of benzene rings is 1. The number of para-hydroxylation sites is 1. The number of rotatable bonds is 3. The predicted octanol–water partition coefficient (Wildman–Crippen LogP) is 1.91. The molecule has 0 radical (unpaired) electrons. The lowest BCUT2D eigenvalue weighted by molar-refractivity contribution is -0.185. The minimum Gasteiger partial charge on any atom is -0.347 e. The Morgan fingerprint density at radius 2 is 1.78 bits per heavy atom. The van der Waals surface area contributed by atoms with Crippen molar-refractivity contribution in [1.82, 2.24) is 19.9 Å². The molecule has 6 heteroatoms. The Hall–Kier alpha value is -1.76. The van der Waals surface area contributed by atoms with Crippen LogP contribution in [-0.2, 0) is 16.0 Å². The minimum absolute atomic E-state index is 0.312. The van der Waals surface area contributed by atoms with E-state index < -0.39 is 0 Å². The van der Waals surface area contributed by atoms with E-state index in [0.29, 0.717) is 0 Å². The summed E-state index contributed by atoms with van der Waals surface area (Å²) in [6.07, 6.45) is 1.86. The molecule has 4 rings (SSSR count). The van der Waals surface area contributed by atoms with Gasteiger partial charge in [-0.05, 0) is 19.1 Å². The first-order valence-electron chi connectivity index (χ1n) is 8.23. The first-order chi connectivity index (χ1) is 11.3. The maximum Gasteiger partial charge on any atom is 0.170 e. The Morgan fingerprint density at radius 1 is 1.09 bits per heavy atom. The van der Waals surface area contributed by atoms with Gasteiger partial charge in [0.1, 0.15) is 5.69 Å². The van der Waals surface area contributed by atoms with Crippen molar-refractivity contribution in [3.05, 3.63) is 41.7 Å². The van der Waals surface area contributed by atoms with Gasteiger partial charge in [0.05, 0.1) is 24.6 Å². The average Bonchev–Trinajstić information content (AvgIpc) is 3.19. The molecule has 1 aromatic heterocycles. The summed E-state index contributed by atoms with van der Waals surface area (Å²) in [6, 6.07) is 10.1. The normalized spacial score (nSPS) is 21.1. The molecule has 2 saturated heterocycles. The second-order valence-corrected chi connectivity index (χ2v) is 6.25. The standard InChI is InChI=1S/C17H22N4O2/c1-14-16(18-19-21(14)15-5-3-2-4-6-15)13-20-9-7-17(8-10-20)22-11-12-23-17/h2-6H,7-13H2,1H3. The molecule has 0 aliphatic carbocycles. The lowest BCUT2D eigenvalue weighted by Gasteiger charge is -2.37. The molecular weight excluding hydrogens is 292 g/mol. The van der Waals surface area contributed by atoms with Crippen molar-refractivity contribution >= 4 is 0 Å². The van der Waals surface area contributed by atoms with Gasteiger partial charge >= 0.3 is 0 Å². The molecule has 0 bridgehead atoms. The fourth-order valence-electron chi connectivity index (χ4n) is 3.37. The number of hydrogen-bond donors (Lipinski definition) is 0. The molecule has 0 amide bonds. The molecule has 23 heavy (non-hydrogen) atoms. The van der Waals surface area contributed by atoms with Crippen LogP contribution in [0.4, 0.5) is 0 Å². The van der Waals surface area contributed by atoms with Crippen LogP contribution in [0.3, 0.4) is 0 Å². The van der Waals surface area contributed by atoms with E-state index in [4.69, 9.17) is 9.47 Å². The molecule has 2 fully saturated rings. The molecule has 2 aliphatic heterocycles. The Labute approximate surface area is 136 Å². The highest BCUT2D eigenvalue weighted by molar-refractivity contribution is 5.32. The zero-order chi connectivity index (χ0) is 15.7. The van der Waals surface area contributed by atoms with E-state index in [2.05, 4.69) is 22.1 Å². The Morgan fingerprint density at radius 3 is 2.48 bits per heavy atom. The molecule has 2 aliphatic rings. The van der Waals surface area contributed by atoms with Crippen LogP contribution in [0.5, 0.6) is 0 Å². The summed E-state index contributed by atoms with van der Waals surface area (Å²) < 4.78 is 13.5. The van der Waals surface area contributed by atoms with E-state index in [0.717, 1.165) is 62.8 Å². The molecule has 0 saturated carbocycles. The smallest absolute Gasteiger partial charge is 0.170 e. The van der Waals surface area contributed by atoms with Crippen molar-refractivity contribution in [2.75, 3.05) is 26.3 Å². The quantitative estimate of drug-likeness (QED) is 0.866. The molecule has 0 unspecified atom stereocenters. The average molecular weight is 314 g/mol. The third kappa shape index (κ3) is 2.89. The van der Waals surface area contributed by atoms with Crippen LogP contribution in [0.15, 0.2) is 30.3 Å². The molecule has 122 valence electrons. The summed E-state index contributed by atoms with van der Waals surface area (Å²) in [6.45, 7) is 6.30. The van der Waals surface area contributed by atoms with E-state index in [1.807, 2.05) is 35.0 Å². The first-order valence-corrected chi connectivity index (χ1v) is 8.23. The number of ether oxygens (including phenoxy) is 2. The zero-order valence-electron chi connectivity index (χ0n) is 13.4. The fraction of sp³-hybridized carbons (Fsp3) is 0.529. The largest absolute Gasteiger partial charge is 0.347 e. The van der Waals surface area contributed by atoms with Gasteiger partial charge in [-0.3, -0.25) is 4.90 Å². The molecule has 3 heterocycles. The van der Waals surface area contributed by atoms with Gasteiger partial charge in [0, 0.05) is 32.5 Å². The van der Waals surface area contributed by atoms with Crippen molar-refractivity contribution in [3.63, 3.8) is 0 Å². The van der Waals surface area contributed by atoms with Gasteiger partial charge in [-0.2, -0.15) is 0 Å². The highest BCUT2D eigenvalue weighted by atomic mass is 16.7. The van der Waals surface area contributed by atoms with Gasteiger partial charge < -0.3 is 9.47 Å². The Kier molecular flexibility index (Phi) is 3.88. The third-order valence-corrected chi connectivity index (χ3v) is 4.80. The van der Waals surface area contributed by atoms with E-state index in [-0.39, 0.29) is 5.79 Å². The number of nitrogens with zero attached hydrogens (tertiary/aromatic N) is 4. The number of hydrogen-bond acceptors (Lipinski definition) is 5. The van der Waals surface area contributed by atoms with Crippen molar-refractivity contribution in [1.29, 1.82) is 0 Å². The summed E-state index contributed by atoms with van der Waals surface area (Å²) >= 11 is 0. The van der Waals surface area contributed by atoms with E-state index >= 15 is 0 Å². The molecule has 0 atom stereocenters. The topological polar surface area (TPSA) is 52.4 Å². The SMILES string of the molecule is Cc1c(CN2CCC3(CC2)OCCO3)nnn1-c1ccccc1.